The lowest BCUT2D eigenvalue weighted by Gasteiger charge is -2.28. The number of nitrogens with one attached hydrogen (secondary N) is 1. The number of sulfonamides is 1. The Kier molecular flexibility index (Phi) is 4.17. The molecule has 1 rings (SSSR count). The van der Waals surface area contributed by atoms with Gasteiger partial charge in [-0.1, -0.05) is 6.07 Å². The molecule has 1 aromatic rings. The molecule has 0 saturated heterocycles. The van der Waals surface area contributed by atoms with Crippen molar-refractivity contribution in [1.29, 1.82) is 0 Å². The summed E-state index contributed by atoms with van der Waals surface area (Å²) in [6.07, 6.45) is 0. The van der Waals surface area contributed by atoms with Crippen LogP contribution in [0.2, 0.25) is 0 Å². The molecule has 0 atom stereocenters. The summed E-state index contributed by atoms with van der Waals surface area (Å²) in [6.45, 7) is 0.876. The lowest BCUT2D eigenvalue weighted by atomic mass is 10.0. The Bertz CT molecular complexity index is 526. The average Bonchev–Trinajstić information content (AvgIpc) is 2.30. The molecule has 0 aliphatic heterocycles. The molecule has 0 amide bonds. The van der Waals surface area contributed by atoms with Gasteiger partial charge in [-0.25, -0.2) is 13.6 Å². The highest BCUT2D eigenvalue weighted by atomic mass is 32.2. The highest BCUT2D eigenvalue weighted by Crippen LogP contribution is 2.28. The largest absolute Gasteiger partial charge is 0.396 e. The van der Waals surface area contributed by atoms with Crippen LogP contribution in [0.1, 0.15) is 6.92 Å². The average molecular weight is 275 g/mol. The molecule has 0 fully saturated rings. The SMILES string of the molecule is CC(CO)(CO)Nc1cccc(S(N)(=O)=O)c1N. The molecule has 1 aromatic carbocycles. The summed E-state index contributed by atoms with van der Waals surface area (Å²) in [5.74, 6) is 0. The Balaban J connectivity index is 3.21. The fourth-order valence-electron chi connectivity index (χ4n) is 1.36. The summed E-state index contributed by atoms with van der Waals surface area (Å²) in [7, 11) is -3.92. The second kappa shape index (κ2) is 5.11. The van der Waals surface area contributed by atoms with Crippen molar-refractivity contribution in [1.82, 2.24) is 0 Å². The molecule has 0 aliphatic carbocycles. The minimum atomic E-state index is -3.92. The molecule has 0 saturated carbocycles. The quantitative estimate of drug-likeness (QED) is 0.440. The Morgan fingerprint density at radius 1 is 1.33 bits per heavy atom. The number of benzene rings is 1. The van der Waals surface area contributed by atoms with Crippen molar-refractivity contribution >= 4 is 21.4 Å². The van der Waals surface area contributed by atoms with E-state index in [9.17, 15) is 8.42 Å². The summed E-state index contributed by atoms with van der Waals surface area (Å²) in [6, 6.07) is 4.28. The molecule has 18 heavy (non-hydrogen) atoms. The van der Waals surface area contributed by atoms with Crippen molar-refractivity contribution in [3.05, 3.63) is 18.2 Å². The monoisotopic (exact) mass is 275 g/mol. The number of rotatable bonds is 5. The second-order valence-electron chi connectivity index (χ2n) is 4.26. The number of primary sulfonamides is 1. The first-order valence-electron chi connectivity index (χ1n) is 5.15. The van der Waals surface area contributed by atoms with Crippen LogP contribution in [0.25, 0.3) is 0 Å². The maximum absolute atomic E-state index is 11.3. The molecule has 0 aromatic heterocycles. The first-order chi connectivity index (χ1) is 8.23. The van der Waals surface area contributed by atoms with E-state index < -0.39 is 15.6 Å². The van der Waals surface area contributed by atoms with Gasteiger partial charge in [-0.05, 0) is 19.1 Å². The van der Waals surface area contributed by atoms with Gasteiger partial charge in [0.05, 0.1) is 30.1 Å². The van der Waals surface area contributed by atoms with Crippen LogP contribution >= 0.6 is 0 Å². The van der Waals surface area contributed by atoms with Crippen LogP contribution in [-0.2, 0) is 10.0 Å². The van der Waals surface area contributed by atoms with E-state index in [4.69, 9.17) is 21.1 Å². The van der Waals surface area contributed by atoms with Crippen molar-refractivity contribution in [2.24, 2.45) is 5.14 Å². The van der Waals surface area contributed by atoms with E-state index in [0.29, 0.717) is 0 Å². The van der Waals surface area contributed by atoms with Crippen LogP contribution in [0.5, 0.6) is 0 Å². The fourth-order valence-corrected chi connectivity index (χ4v) is 2.04. The van der Waals surface area contributed by atoms with Gasteiger partial charge in [-0.2, -0.15) is 0 Å². The molecule has 7 nitrogen and oxygen atoms in total. The summed E-state index contributed by atoms with van der Waals surface area (Å²) in [4.78, 5) is -0.203. The van der Waals surface area contributed by atoms with Crippen molar-refractivity contribution in [3.8, 4) is 0 Å². The zero-order chi connectivity index (χ0) is 14.0. The third kappa shape index (κ3) is 3.10. The van der Waals surface area contributed by atoms with E-state index in [-0.39, 0.29) is 29.5 Å². The number of nitrogens with two attached hydrogens (primary N) is 2. The molecule has 0 bridgehead atoms. The maximum atomic E-state index is 11.3. The lowest BCUT2D eigenvalue weighted by molar-refractivity contribution is 0.147. The molecule has 0 heterocycles. The van der Waals surface area contributed by atoms with Gasteiger partial charge in [0.2, 0.25) is 10.0 Å². The summed E-state index contributed by atoms with van der Waals surface area (Å²) < 4.78 is 22.6. The predicted octanol–water partition coefficient (Wildman–Crippen LogP) is -0.929. The van der Waals surface area contributed by atoms with Crippen molar-refractivity contribution in [3.63, 3.8) is 0 Å². The Morgan fingerprint density at radius 3 is 2.33 bits per heavy atom. The third-order valence-electron chi connectivity index (χ3n) is 2.51. The van der Waals surface area contributed by atoms with Crippen LogP contribution in [0, 0.1) is 0 Å². The van der Waals surface area contributed by atoms with Crippen molar-refractivity contribution in [2.75, 3.05) is 24.3 Å². The van der Waals surface area contributed by atoms with Gasteiger partial charge < -0.3 is 21.3 Å². The summed E-state index contributed by atoms with van der Waals surface area (Å²) in [5.41, 5.74) is 4.93. The minimum absolute atomic E-state index is 0.0480. The Morgan fingerprint density at radius 2 is 1.89 bits per heavy atom. The van der Waals surface area contributed by atoms with Crippen LogP contribution in [0.4, 0.5) is 11.4 Å². The minimum Gasteiger partial charge on any atom is -0.396 e. The third-order valence-corrected chi connectivity index (χ3v) is 3.48. The van der Waals surface area contributed by atoms with Gasteiger partial charge in [-0.15, -0.1) is 0 Å². The Hall–Kier alpha value is -1.35. The zero-order valence-electron chi connectivity index (χ0n) is 9.92. The maximum Gasteiger partial charge on any atom is 0.240 e. The number of aliphatic hydroxyl groups is 2. The van der Waals surface area contributed by atoms with E-state index in [1.54, 1.807) is 6.92 Å². The summed E-state index contributed by atoms with van der Waals surface area (Å²) in [5, 5.41) is 26.1. The van der Waals surface area contributed by atoms with Crippen molar-refractivity contribution < 1.29 is 18.6 Å². The molecule has 7 N–H and O–H groups in total. The van der Waals surface area contributed by atoms with E-state index in [1.165, 1.54) is 18.2 Å². The normalized spacial score (nSPS) is 12.4. The van der Waals surface area contributed by atoms with Gasteiger partial charge in [0.1, 0.15) is 4.90 Å². The van der Waals surface area contributed by atoms with Crippen LogP contribution in [0.3, 0.4) is 0 Å². The van der Waals surface area contributed by atoms with Gasteiger partial charge in [0.15, 0.2) is 0 Å². The van der Waals surface area contributed by atoms with Crippen LogP contribution in [-0.4, -0.2) is 37.4 Å². The first-order valence-corrected chi connectivity index (χ1v) is 6.69. The van der Waals surface area contributed by atoms with Crippen LogP contribution in [0.15, 0.2) is 23.1 Å². The zero-order valence-corrected chi connectivity index (χ0v) is 10.7. The second-order valence-corrected chi connectivity index (χ2v) is 5.79. The topological polar surface area (TPSA) is 139 Å². The molecular weight excluding hydrogens is 258 g/mol. The molecule has 102 valence electrons. The summed E-state index contributed by atoms with van der Waals surface area (Å²) >= 11 is 0. The number of nitrogen functional groups attached to an aromatic ring is 1. The fraction of sp³-hybridized carbons (Fsp3) is 0.400. The number of hydrogen-bond donors (Lipinski definition) is 5. The van der Waals surface area contributed by atoms with E-state index in [2.05, 4.69) is 5.32 Å². The van der Waals surface area contributed by atoms with Gasteiger partial charge in [-0.3, -0.25) is 0 Å². The standard InChI is InChI=1S/C10H17N3O4S/c1-10(5-14,6-15)13-7-3-2-4-8(9(7)11)18(12,16)17/h2-4,13-15H,5-6,11H2,1H3,(H2,12,16,17). The van der Waals surface area contributed by atoms with E-state index >= 15 is 0 Å². The smallest absolute Gasteiger partial charge is 0.240 e. The highest BCUT2D eigenvalue weighted by molar-refractivity contribution is 7.89. The van der Waals surface area contributed by atoms with Gasteiger partial charge in [0.25, 0.3) is 0 Å². The highest BCUT2D eigenvalue weighted by Gasteiger charge is 2.24. The van der Waals surface area contributed by atoms with Crippen LogP contribution < -0.4 is 16.2 Å². The van der Waals surface area contributed by atoms with Gasteiger partial charge >= 0.3 is 0 Å². The number of anilines is 2. The number of para-hydroxylation sites is 1. The predicted molar refractivity (Wildman–Crippen MR) is 68.4 cm³/mol. The first kappa shape index (κ1) is 14.7. The Labute approximate surface area is 105 Å². The molecule has 0 unspecified atom stereocenters. The van der Waals surface area contributed by atoms with Crippen molar-refractivity contribution in [2.45, 2.75) is 17.4 Å². The number of hydrogen-bond acceptors (Lipinski definition) is 6. The molecule has 0 radical (unpaired) electrons. The molecule has 0 spiro atoms. The lowest BCUT2D eigenvalue weighted by Crippen LogP contribution is -2.42. The molecule has 8 heteroatoms. The van der Waals surface area contributed by atoms with E-state index in [0.717, 1.165) is 0 Å². The molecule has 0 aliphatic rings. The van der Waals surface area contributed by atoms with Gasteiger partial charge in [0, 0.05) is 0 Å². The molecular formula is C10H17N3O4S. The number of aliphatic hydroxyl groups excluding tert-OH is 2. The van der Waals surface area contributed by atoms with E-state index in [1.807, 2.05) is 0 Å².